The van der Waals surface area contributed by atoms with Gasteiger partial charge in [-0.3, -0.25) is 9.59 Å². The molecule has 2 atom stereocenters. The smallest absolute Gasteiger partial charge is 0.326 e. The van der Waals surface area contributed by atoms with Gasteiger partial charge in [0.25, 0.3) is 5.91 Å². The minimum atomic E-state index is -4.05. The molecule has 11 nitrogen and oxygen atoms in total. The summed E-state index contributed by atoms with van der Waals surface area (Å²) in [6.07, 6.45) is 8.85. The minimum absolute atomic E-state index is 0.0472. The Morgan fingerprint density at radius 1 is 0.962 bits per heavy atom. The maximum absolute atomic E-state index is 14.3. The molecule has 0 aromatic heterocycles. The number of carbonyl (C=O) groups is 3. The normalized spacial score (nSPS) is 15.8. The quantitative estimate of drug-likeness (QED) is 0.0992. The number of rotatable bonds is 19. The summed E-state index contributed by atoms with van der Waals surface area (Å²) in [6, 6.07) is 19.2. The number of nitrogens with zero attached hydrogens (tertiary/aromatic N) is 1. The van der Waals surface area contributed by atoms with E-state index in [-0.39, 0.29) is 17.1 Å². The number of para-hydroxylation sites is 1. The van der Waals surface area contributed by atoms with Crippen molar-refractivity contribution in [2.75, 3.05) is 36.3 Å². The molecule has 0 bridgehead atoms. The van der Waals surface area contributed by atoms with Gasteiger partial charge in [0.15, 0.2) is 6.61 Å². The second kappa shape index (κ2) is 19.4. The van der Waals surface area contributed by atoms with Crippen molar-refractivity contribution in [1.82, 2.24) is 15.4 Å². The van der Waals surface area contributed by atoms with E-state index >= 15 is 0 Å². The third kappa shape index (κ3) is 10.7. The fourth-order valence-corrected chi connectivity index (χ4v) is 8.96. The molecular formula is C38H50N4O7S3. The first kappa shape index (κ1) is 41.0. The standard InChI is InChI=1S/C38H50N4O7S3/c1-5-7-20-38(21-8-6-2)26-42(28-17-13-10-14-18-28)30-23-32(51-4)31(24-33(30)52(47,48)41-38)49-25-34(43)40-35(27-15-11-9-12-16-27)36(44)39-29(37(45)46)19-22-50-3/h9-18,23-24,29,35,41H,5-8,19-22,25-26H2,1-4H3,(H,39,44)(H,40,43)(H,45,46)/t29-,35+/m0/s1. The van der Waals surface area contributed by atoms with Gasteiger partial charge in [-0.15, -0.1) is 11.8 Å². The van der Waals surface area contributed by atoms with Crippen molar-refractivity contribution in [3.8, 4) is 5.75 Å². The average Bonchev–Trinajstić information content (AvgIpc) is 3.24. The summed E-state index contributed by atoms with van der Waals surface area (Å²) in [6.45, 7) is 4.12. The Morgan fingerprint density at radius 2 is 1.60 bits per heavy atom. The lowest BCUT2D eigenvalue weighted by Crippen LogP contribution is -2.53. The Kier molecular flexibility index (Phi) is 15.3. The number of benzene rings is 3. The number of hydrogen-bond donors (Lipinski definition) is 4. The van der Waals surface area contributed by atoms with Crippen molar-refractivity contribution in [2.45, 2.75) is 86.2 Å². The molecule has 52 heavy (non-hydrogen) atoms. The molecular weight excluding hydrogens is 721 g/mol. The molecule has 0 saturated carbocycles. The molecule has 0 radical (unpaired) electrons. The van der Waals surface area contributed by atoms with Crippen LogP contribution in [0.2, 0.25) is 0 Å². The number of sulfonamides is 1. The van der Waals surface area contributed by atoms with Crippen LogP contribution in [0.5, 0.6) is 5.75 Å². The van der Waals surface area contributed by atoms with Crippen LogP contribution >= 0.6 is 23.5 Å². The zero-order chi connectivity index (χ0) is 37.7. The summed E-state index contributed by atoms with van der Waals surface area (Å²) < 4.78 is 37.8. The van der Waals surface area contributed by atoms with Gasteiger partial charge in [0.1, 0.15) is 22.7 Å². The molecule has 14 heteroatoms. The first-order valence-corrected chi connectivity index (χ1v) is 21.7. The second-order valence-electron chi connectivity index (χ2n) is 12.9. The van der Waals surface area contributed by atoms with E-state index in [1.165, 1.54) is 29.6 Å². The van der Waals surface area contributed by atoms with Gasteiger partial charge in [0.2, 0.25) is 15.9 Å². The molecule has 0 spiro atoms. The zero-order valence-corrected chi connectivity index (χ0v) is 32.7. The monoisotopic (exact) mass is 770 g/mol. The van der Waals surface area contributed by atoms with E-state index in [1.807, 2.05) is 42.8 Å². The highest BCUT2D eigenvalue weighted by Crippen LogP contribution is 2.44. The zero-order valence-electron chi connectivity index (χ0n) is 30.2. The third-order valence-corrected chi connectivity index (χ3v) is 12.0. The highest BCUT2D eigenvalue weighted by atomic mass is 32.2. The molecule has 3 aromatic carbocycles. The number of unbranched alkanes of at least 4 members (excludes halogenated alkanes) is 2. The number of ether oxygens (including phenoxy) is 1. The Labute approximate surface area is 316 Å². The Hall–Kier alpha value is -3.72. The van der Waals surface area contributed by atoms with Gasteiger partial charge in [-0.1, -0.05) is 88.1 Å². The van der Waals surface area contributed by atoms with Crippen molar-refractivity contribution in [2.24, 2.45) is 0 Å². The van der Waals surface area contributed by atoms with Crippen molar-refractivity contribution in [3.05, 3.63) is 78.4 Å². The van der Waals surface area contributed by atoms with Crippen LogP contribution in [0, 0.1) is 0 Å². The summed E-state index contributed by atoms with van der Waals surface area (Å²) in [7, 11) is -4.05. The molecule has 0 saturated heterocycles. The molecule has 0 unspecified atom stereocenters. The fraction of sp³-hybridized carbons (Fsp3) is 0.447. The number of hydrogen-bond acceptors (Lipinski definition) is 9. The largest absolute Gasteiger partial charge is 0.483 e. The summed E-state index contributed by atoms with van der Waals surface area (Å²) in [5.41, 5.74) is 1.14. The number of carboxylic acids is 1. The van der Waals surface area contributed by atoms with Crippen molar-refractivity contribution >= 4 is 62.7 Å². The second-order valence-corrected chi connectivity index (χ2v) is 16.4. The lowest BCUT2D eigenvalue weighted by Gasteiger charge is -2.37. The number of nitrogens with one attached hydrogen (secondary N) is 3. The van der Waals surface area contributed by atoms with E-state index in [0.717, 1.165) is 31.4 Å². The van der Waals surface area contributed by atoms with Gasteiger partial charge in [-0.05, 0) is 61.3 Å². The van der Waals surface area contributed by atoms with Crippen LogP contribution in [0.3, 0.4) is 0 Å². The number of fused-ring (bicyclic) bond motifs is 1. The maximum atomic E-state index is 14.3. The van der Waals surface area contributed by atoms with Crippen LogP contribution in [-0.2, 0) is 24.4 Å². The number of anilines is 2. The van der Waals surface area contributed by atoms with Crippen LogP contribution in [0.15, 0.2) is 82.6 Å². The lowest BCUT2D eigenvalue weighted by molar-refractivity contribution is -0.142. The van der Waals surface area contributed by atoms with Crippen molar-refractivity contribution < 1.29 is 32.6 Å². The van der Waals surface area contributed by atoms with Gasteiger partial charge >= 0.3 is 5.97 Å². The maximum Gasteiger partial charge on any atom is 0.326 e. The predicted molar refractivity (Wildman–Crippen MR) is 209 cm³/mol. The molecule has 2 amide bonds. The summed E-state index contributed by atoms with van der Waals surface area (Å²) in [4.78, 5) is 41.4. The van der Waals surface area contributed by atoms with E-state index in [9.17, 15) is 27.9 Å². The molecule has 4 rings (SSSR count). The number of carboxylic acid groups (broad SMARTS) is 1. The van der Waals surface area contributed by atoms with Crippen molar-refractivity contribution in [3.63, 3.8) is 0 Å². The third-order valence-electron chi connectivity index (χ3n) is 9.01. The van der Waals surface area contributed by atoms with E-state index in [1.54, 1.807) is 36.4 Å². The van der Waals surface area contributed by atoms with E-state index in [4.69, 9.17) is 4.74 Å². The van der Waals surface area contributed by atoms with Crippen LogP contribution in [0.25, 0.3) is 0 Å². The molecule has 0 fully saturated rings. The highest BCUT2D eigenvalue weighted by molar-refractivity contribution is 7.98. The average molecular weight is 771 g/mol. The van der Waals surface area contributed by atoms with E-state index in [0.29, 0.717) is 41.3 Å². The Morgan fingerprint density at radius 3 is 2.17 bits per heavy atom. The molecule has 1 heterocycles. The molecule has 0 aliphatic carbocycles. The van der Waals surface area contributed by atoms with Gasteiger partial charge < -0.3 is 25.4 Å². The number of thioether (sulfide) groups is 2. The van der Waals surface area contributed by atoms with Crippen molar-refractivity contribution in [1.29, 1.82) is 0 Å². The van der Waals surface area contributed by atoms with Crippen LogP contribution in [-0.4, -0.2) is 74.3 Å². The van der Waals surface area contributed by atoms with Gasteiger partial charge in [0.05, 0.1) is 16.1 Å². The summed E-state index contributed by atoms with van der Waals surface area (Å²) >= 11 is 2.83. The topological polar surface area (TPSA) is 154 Å². The molecule has 282 valence electrons. The summed E-state index contributed by atoms with van der Waals surface area (Å²) in [5.74, 6) is -1.75. The van der Waals surface area contributed by atoms with E-state index < -0.39 is 52.0 Å². The fourth-order valence-electron chi connectivity index (χ4n) is 6.28. The van der Waals surface area contributed by atoms with Gasteiger partial charge in [-0.2, -0.15) is 11.8 Å². The molecule has 1 aliphatic heterocycles. The molecule has 3 aromatic rings. The number of aliphatic carboxylic acids is 1. The van der Waals surface area contributed by atoms with Gasteiger partial charge in [-0.25, -0.2) is 17.9 Å². The van der Waals surface area contributed by atoms with Crippen LogP contribution < -0.4 is 25.0 Å². The first-order chi connectivity index (χ1) is 25.0. The lowest BCUT2D eigenvalue weighted by atomic mass is 9.87. The summed E-state index contributed by atoms with van der Waals surface area (Å²) in [5, 5.41) is 14.9. The first-order valence-electron chi connectivity index (χ1n) is 17.5. The molecule has 4 N–H and O–H groups in total. The number of amides is 2. The Balaban J connectivity index is 1.66. The van der Waals surface area contributed by atoms with Crippen LogP contribution in [0.1, 0.15) is 70.4 Å². The van der Waals surface area contributed by atoms with Crippen LogP contribution in [0.4, 0.5) is 11.4 Å². The Bertz CT molecular complexity index is 1750. The minimum Gasteiger partial charge on any atom is -0.483 e. The van der Waals surface area contributed by atoms with Gasteiger partial charge in [0, 0.05) is 18.3 Å². The number of carbonyl (C=O) groups excluding carboxylic acids is 2. The van der Waals surface area contributed by atoms with E-state index in [2.05, 4.69) is 34.1 Å². The molecule has 1 aliphatic rings. The predicted octanol–water partition coefficient (Wildman–Crippen LogP) is 6.52. The SMILES string of the molecule is CCCCC1(CCCC)CN(c2ccccc2)c2cc(SC)c(OCC(=O)N[C@@H](C(=O)N[C@@H](CCSC)C(=O)O)c3ccccc3)cc2S(=O)(=O)N1. The highest BCUT2D eigenvalue weighted by Gasteiger charge is 2.42.